The van der Waals surface area contributed by atoms with E-state index in [1.54, 1.807) is 18.2 Å². The molecule has 0 radical (unpaired) electrons. The lowest BCUT2D eigenvalue weighted by Crippen LogP contribution is -2.27. The molecule has 0 saturated heterocycles. The first-order chi connectivity index (χ1) is 13.3. The Hall–Kier alpha value is -2.90. The molecule has 3 rings (SSSR count). The third-order valence-corrected chi connectivity index (χ3v) is 6.17. The summed E-state index contributed by atoms with van der Waals surface area (Å²) in [6, 6.07) is 17.7. The van der Waals surface area contributed by atoms with Gasteiger partial charge in [-0.25, -0.2) is 12.8 Å². The summed E-state index contributed by atoms with van der Waals surface area (Å²) in [7, 11) is -2.41. The van der Waals surface area contributed by atoms with Crippen LogP contribution < -0.4 is 9.62 Å². The van der Waals surface area contributed by atoms with Gasteiger partial charge in [0.05, 0.1) is 21.2 Å². The molecule has 0 spiro atoms. The number of carbonyl (C=O) groups is 1. The zero-order valence-corrected chi connectivity index (χ0v) is 16.3. The van der Waals surface area contributed by atoms with E-state index in [-0.39, 0.29) is 26.9 Å². The minimum Gasteiger partial charge on any atom is -0.322 e. The van der Waals surface area contributed by atoms with Crippen molar-refractivity contribution in [2.75, 3.05) is 16.7 Å². The molecule has 0 bridgehead atoms. The molecule has 0 aliphatic carbocycles. The number of rotatable bonds is 5. The van der Waals surface area contributed by atoms with Gasteiger partial charge in [0.2, 0.25) is 0 Å². The molecule has 0 aliphatic heterocycles. The third-order valence-electron chi connectivity index (χ3n) is 4.04. The first kappa shape index (κ1) is 19.9. The Bertz CT molecular complexity index is 1120. The van der Waals surface area contributed by atoms with E-state index in [0.29, 0.717) is 0 Å². The normalized spacial score (nSPS) is 11.1. The van der Waals surface area contributed by atoms with E-state index in [0.717, 1.165) is 4.31 Å². The second-order valence-corrected chi connectivity index (χ2v) is 8.29. The molecule has 0 atom stereocenters. The van der Waals surface area contributed by atoms with Gasteiger partial charge in [-0.05, 0) is 48.5 Å². The van der Waals surface area contributed by atoms with Crippen LogP contribution in [0.5, 0.6) is 0 Å². The van der Waals surface area contributed by atoms with Crippen LogP contribution in [-0.4, -0.2) is 21.4 Å². The Labute approximate surface area is 167 Å². The number of benzene rings is 3. The van der Waals surface area contributed by atoms with E-state index in [1.165, 1.54) is 61.6 Å². The Morgan fingerprint density at radius 1 is 1.00 bits per heavy atom. The summed E-state index contributed by atoms with van der Waals surface area (Å²) in [5, 5.41) is 2.69. The summed E-state index contributed by atoms with van der Waals surface area (Å²) in [5.74, 6) is -1.07. The number of sulfonamides is 1. The fourth-order valence-electron chi connectivity index (χ4n) is 2.54. The number of nitrogens with one attached hydrogen (secondary N) is 1. The summed E-state index contributed by atoms with van der Waals surface area (Å²) < 4.78 is 39.9. The summed E-state index contributed by atoms with van der Waals surface area (Å²) in [5.41, 5.74) is 0.591. The second kappa shape index (κ2) is 8.00. The van der Waals surface area contributed by atoms with Crippen molar-refractivity contribution in [1.82, 2.24) is 0 Å². The van der Waals surface area contributed by atoms with Crippen molar-refractivity contribution in [2.24, 2.45) is 0 Å². The van der Waals surface area contributed by atoms with E-state index in [9.17, 15) is 17.6 Å². The number of amides is 1. The fourth-order valence-corrected chi connectivity index (χ4v) is 3.95. The lowest BCUT2D eigenvalue weighted by Gasteiger charge is -2.20. The lowest BCUT2D eigenvalue weighted by atomic mass is 10.1. The Kier molecular flexibility index (Phi) is 5.67. The maximum atomic E-state index is 13.3. The average molecular weight is 419 g/mol. The van der Waals surface area contributed by atoms with Crippen LogP contribution in [0.1, 0.15) is 10.4 Å². The molecule has 0 unspecified atom stereocenters. The SMILES string of the molecule is CN(c1ccc(Cl)c(C(=O)Nc2cccc(F)c2)c1)S(=O)(=O)c1ccccc1. The number of nitrogens with zero attached hydrogens (tertiary/aromatic N) is 1. The van der Waals surface area contributed by atoms with Crippen LogP contribution in [-0.2, 0) is 10.0 Å². The van der Waals surface area contributed by atoms with Crippen molar-refractivity contribution in [3.63, 3.8) is 0 Å². The topological polar surface area (TPSA) is 66.5 Å². The van der Waals surface area contributed by atoms with Crippen LogP contribution in [0.15, 0.2) is 77.7 Å². The molecule has 144 valence electrons. The van der Waals surface area contributed by atoms with Crippen molar-refractivity contribution in [3.8, 4) is 0 Å². The predicted molar refractivity (Wildman–Crippen MR) is 108 cm³/mol. The molecular weight excluding hydrogens is 403 g/mol. The van der Waals surface area contributed by atoms with Crippen molar-refractivity contribution in [2.45, 2.75) is 4.90 Å². The van der Waals surface area contributed by atoms with Crippen molar-refractivity contribution >= 4 is 38.9 Å². The first-order valence-corrected chi connectivity index (χ1v) is 10.0. The largest absolute Gasteiger partial charge is 0.322 e. The number of hydrogen-bond acceptors (Lipinski definition) is 3. The summed E-state index contributed by atoms with van der Waals surface area (Å²) in [6.45, 7) is 0. The van der Waals surface area contributed by atoms with Crippen LogP contribution in [0.2, 0.25) is 5.02 Å². The zero-order chi connectivity index (χ0) is 20.3. The first-order valence-electron chi connectivity index (χ1n) is 8.19. The number of halogens is 2. The van der Waals surface area contributed by atoms with Gasteiger partial charge in [0.15, 0.2) is 0 Å². The van der Waals surface area contributed by atoms with Gasteiger partial charge >= 0.3 is 0 Å². The van der Waals surface area contributed by atoms with Crippen LogP contribution >= 0.6 is 11.6 Å². The molecule has 0 aromatic heterocycles. The van der Waals surface area contributed by atoms with Gasteiger partial charge in [-0.3, -0.25) is 9.10 Å². The van der Waals surface area contributed by atoms with E-state index in [2.05, 4.69) is 5.32 Å². The maximum Gasteiger partial charge on any atom is 0.264 e. The van der Waals surface area contributed by atoms with E-state index >= 15 is 0 Å². The van der Waals surface area contributed by atoms with E-state index in [1.807, 2.05) is 0 Å². The smallest absolute Gasteiger partial charge is 0.264 e. The molecule has 0 fully saturated rings. The van der Waals surface area contributed by atoms with E-state index < -0.39 is 21.7 Å². The molecule has 0 heterocycles. The van der Waals surface area contributed by atoms with Crippen LogP contribution in [0, 0.1) is 5.82 Å². The summed E-state index contributed by atoms with van der Waals surface area (Å²) in [6.07, 6.45) is 0. The van der Waals surface area contributed by atoms with Gasteiger partial charge in [0, 0.05) is 12.7 Å². The van der Waals surface area contributed by atoms with Gasteiger partial charge in [0.25, 0.3) is 15.9 Å². The van der Waals surface area contributed by atoms with Crippen LogP contribution in [0.3, 0.4) is 0 Å². The standard InChI is InChI=1S/C20H16ClFN2O3S/c1-24(28(26,27)17-8-3-2-4-9-17)16-10-11-19(21)18(13-16)20(25)23-15-7-5-6-14(22)12-15/h2-13H,1H3,(H,23,25). The third kappa shape index (κ3) is 4.16. The van der Waals surface area contributed by atoms with Gasteiger partial charge in [-0.1, -0.05) is 35.9 Å². The predicted octanol–water partition coefficient (Wildman–Crippen LogP) is 4.56. The van der Waals surface area contributed by atoms with Crippen molar-refractivity contribution in [3.05, 3.63) is 89.2 Å². The molecule has 1 amide bonds. The molecule has 3 aromatic carbocycles. The quantitative estimate of drug-likeness (QED) is 0.660. The van der Waals surface area contributed by atoms with Crippen molar-refractivity contribution in [1.29, 1.82) is 0 Å². The highest BCUT2D eigenvalue weighted by molar-refractivity contribution is 7.92. The van der Waals surface area contributed by atoms with E-state index in [4.69, 9.17) is 11.6 Å². The minimum absolute atomic E-state index is 0.0681. The maximum absolute atomic E-state index is 13.3. The number of carbonyl (C=O) groups excluding carboxylic acids is 1. The lowest BCUT2D eigenvalue weighted by molar-refractivity contribution is 0.102. The molecule has 3 aromatic rings. The number of anilines is 2. The molecular formula is C20H16ClFN2O3S. The second-order valence-electron chi connectivity index (χ2n) is 5.91. The molecule has 5 nitrogen and oxygen atoms in total. The Morgan fingerprint density at radius 3 is 2.39 bits per heavy atom. The highest BCUT2D eigenvalue weighted by Gasteiger charge is 2.22. The van der Waals surface area contributed by atoms with Gasteiger partial charge in [-0.15, -0.1) is 0 Å². The molecule has 0 saturated carbocycles. The Morgan fingerprint density at radius 2 is 1.71 bits per heavy atom. The molecule has 28 heavy (non-hydrogen) atoms. The monoisotopic (exact) mass is 418 g/mol. The highest BCUT2D eigenvalue weighted by atomic mass is 35.5. The molecule has 1 N–H and O–H groups in total. The highest BCUT2D eigenvalue weighted by Crippen LogP contribution is 2.27. The number of hydrogen-bond donors (Lipinski definition) is 1. The summed E-state index contributed by atoms with van der Waals surface area (Å²) in [4.78, 5) is 12.7. The van der Waals surface area contributed by atoms with Crippen LogP contribution in [0.25, 0.3) is 0 Å². The van der Waals surface area contributed by atoms with Crippen LogP contribution in [0.4, 0.5) is 15.8 Å². The fraction of sp³-hybridized carbons (Fsp3) is 0.0500. The van der Waals surface area contributed by atoms with Gasteiger partial charge < -0.3 is 5.32 Å². The Balaban J connectivity index is 1.92. The van der Waals surface area contributed by atoms with Gasteiger partial charge in [0.1, 0.15) is 5.82 Å². The molecule has 0 aliphatic rings. The van der Waals surface area contributed by atoms with Gasteiger partial charge in [-0.2, -0.15) is 0 Å². The molecule has 8 heteroatoms. The minimum atomic E-state index is -3.80. The summed E-state index contributed by atoms with van der Waals surface area (Å²) >= 11 is 6.12. The zero-order valence-electron chi connectivity index (χ0n) is 14.8. The average Bonchev–Trinajstić information content (AvgIpc) is 2.68. The van der Waals surface area contributed by atoms with Crippen molar-refractivity contribution < 1.29 is 17.6 Å².